The number of pyridine rings is 2. The highest BCUT2D eigenvalue weighted by Crippen LogP contribution is 2.42. The number of hydrogen-bond donors (Lipinski definition) is 4. The Labute approximate surface area is 255 Å². The first-order valence-corrected chi connectivity index (χ1v) is 15.0. The molecule has 3 aromatic rings. The van der Waals surface area contributed by atoms with Gasteiger partial charge in [-0.3, -0.25) is 24.5 Å². The molecule has 0 aliphatic carbocycles. The van der Waals surface area contributed by atoms with E-state index in [-0.39, 0.29) is 11.0 Å². The van der Waals surface area contributed by atoms with Gasteiger partial charge in [-0.2, -0.15) is 0 Å². The van der Waals surface area contributed by atoms with Gasteiger partial charge in [0.25, 0.3) is 0 Å². The fourth-order valence-corrected chi connectivity index (χ4v) is 6.30. The van der Waals surface area contributed by atoms with E-state index in [1.54, 1.807) is 0 Å². The molecule has 1 unspecified atom stereocenters. The van der Waals surface area contributed by atoms with Crippen molar-refractivity contribution in [2.75, 3.05) is 26.3 Å². The second-order valence-corrected chi connectivity index (χ2v) is 12.8. The monoisotopic (exact) mass is 615 g/mol. The normalized spacial score (nSPS) is 17.4. The summed E-state index contributed by atoms with van der Waals surface area (Å²) in [5.74, 6) is -5.02. The van der Waals surface area contributed by atoms with Crippen LogP contribution in [0.15, 0.2) is 42.7 Å². The van der Waals surface area contributed by atoms with E-state index >= 15 is 0 Å². The summed E-state index contributed by atoms with van der Waals surface area (Å²) in [5.41, 5.74) is 0.913. The van der Waals surface area contributed by atoms with Gasteiger partial charge in [0.1, 0.15) is 0 Å². The number of carboxylic acids is 3. The predicted molar refractivity (Wildman–Crippen MR) is 162 cm³/mol. The first kappa shape index (κ1) is 34.0. The van der Waals surface area contributed by atoms with Gasteiger partial charge in [0.05, 0.1) is 29.7 Å². The molecule has 1 saturated heterocycles. The molecular weight excluding hydrogens is 574 g/mol. The zero-order valence-electron chi connectivity index (χ0n) is 25.1. The number of aliphatic hydroxyl groups is 1. The lowest BCUT2D eigenvalue weighted by Gasteiger charge is -2.38. The maximum Gasteiger partial charge on any atom is 0.336 e. The number of carbonyl (C=O) groups is 3. The molecule has 4 N–H and O–H groups in total. The van der Waals surface area contributed by atoms with E-state index in [9.17, 15) is 14.4 Å². The molecular formula is C31H41N3O8S. The summed E-state index contributed by atoms with van der Waals surface area (Å²) in [6.45, 7) is 12.6. The van der Waals surface area contributed by atoms with Crippen LogP contribution in [0.25, 0.3) is 10.2 Å². The van der Waals surface area contributed by atoms with Crippen molar-refractivity contribution in [1.82, 2.24) is 14.9 Å². The molecule has 1 atom stereocenters. The second kappa shape index (κ2) is 14.3. The van der Waals surface area contributed by atoms with Crippen LogP contribution in [0.3, 0.4) is 0 Å². The maximum absolute atomic E-state index is 10.3. The first-order valence-electron chi connectivity index (χ1n) is 14.2. The molecule has 0 radical (unpaired) electrons. The molecule has 0 amide bonds. The molecule has 4 rings (SSSR count). The Kier molecular flexibility index (Phi) is 11.4. The van der Waals surface area contributed by atoms with Crippen LogP contribution in [0.4, 0.5) is 0 Å². The number of ether oxygens (including phenoxy) is 1. The second-order valence-electron chi connectivity index (χ2n) is 11.6. The molecule has 1 aliphatic rings. The standard InChI is InChI=1S/C25H33N3OS.C6H8O7/c1-5-29-18-25(11-10-21-15-22-23(30-21)7-6-13-26-22)12-14-28(17-25)24(3,4)20-9-8-19(2)27-16-20;7-3(8)1-6(13,5(11)12)2-4(9)10/h6-9,13,15-16H,5,10-12,14,17-18H2,1-4H3;13H,1-2H2,(H,7,8)(H,9,10)(H,11,12). The molecule has 4 heterocycles. The summed E-state index contributed by atoms with van der Waals surface area (Å²) in [7, 11) is 0. The van der Waals surface area contributed by atoms with Gasteiger partial charge in [0, 0.05) is 47.1 Å². The van der Waals surface area contributed by atoms with Crippen molar-refractivity contribution in [2.24, 2.45) is 5.41 Å². The number of fused-ring (bicyclic) bond motifs is 1. The van der Waals surface area contributed by atoms with Crippen LogP contribution in [0.5, 0.6) is 0 Å². The molecule has 11 nitrogen and oxygen atoms in total. The minimum atomic E-state index is -2.74. The van der Waals surface area contributed by atoms with E-state index in [0.717, 1.165) is 50.4 Å². The Bertz CT molecular complexity index is 1360. The number of hydrogen-bond acceptors (Lipinski definition) is 9. The number of nitrogens with zero attached hydrogens (tertiary/aromatic N) is 3. The Balaban J connectivity index is 0.000000331. The van der Waals surface area contributed by atoms with Crippen LogP contribution in [0.1, 0.15) is 62.6 Å². The van der Waals surface area contributed by atoms with Gasteiger partial charge in [0.2, 0.25) is 0 Å². The van der Waals surface area contributed by atoms with Crippen LogP contribution in [-0.2, 0) is 31.1 Å². The molecule has 1 aliphatic heterocycles. The quantitative estimate of drug-likeness (QED) is 0.216. The van der Waals surface area contributed by atoms with Crippen LogP contribution in [0.2, 0.25) is 0 Å². The third-order valence-electron chi connectivity index (χ3n) is 7.98. The van der Waals surface area contributed by atoms with Gasteiger partial charge in [-0.1, -0.05) is 6.07 Å². The third kappa shape index (κ3) is 9.02. The minimum absolute atomic E-state index is 0.0316. The summed E-state index contributed by atoms with van der Waals surface area (Å²) in [4.78, 5) is 43.6. The SMILES string of the molecule is CCOCC1(CCc2cc3ncccc3s2)CCN(C(C)(C)c2ccc(C)nc2)C1.O=C(O)CC(O)(CC(=O)O)C(=O)O. The minimum Gasteiger partial charge on any atom is -0.481 e. The van der Waals surface area contributed by atoms with Crippen LogP contribution in [0, 0.1) is 12.3 Å². The van der Waals surface area contributed by atoms with Crippen molar-refractivity contribution < 1.29 is 39.5 Å². The predicted octanol–water partition coefficient (Wildman–Crippen LogP) is 4.35. The highest BCUT2D eigenvalue weighted by Gasteiger charge is 2.44. The summed E-state index contributed by atoms with van der Waals surface area (Å²) in [6.07, 6.45) is 5.06. The van der Waals surface area contributed by atoms with E-state index in [1.807, 2.05) is 36.7 Å². The number of aryl methyl sites for hydroxylation is 2. The van der Waals surface area contributed by atoms with Gasteiger partial charge < -0.3 is 25.2 Å². The van der Waals surface area contributed by atoms with E-state index in [4.69, 9.17) is 25.2 Å². The van der Waals surface area contributed by atoms with Crippen molar-refractivity contribution in [3.63, 3.8) is 0 Å². The summed E-state index contributed by atoms with van der Waals surface area (Å²) in [6, 6.07) is 10.8. The Morgan fingerprint density at radius 2 is 1.79 bits per heavy atom. The van der Waals surface area contributed by atoms with Crippen LogP contribution in [-0.4, -0.2) is 85.1 Å². The molecule has 0 spiro atoms. The lowest BCUT2D eigenvalue weighted by Crippen LogP contribution is -2.42. The van der Waals surface area contributed by atoms with Crippen molar-refractivity contribution in [2.45, 2.75) is 70.9 Å². The zero-order valence-corrected chi connectivity index (χ0v) is 25.9. The van der Waals surface area contributed by atoms with Crippen molar-refractivity contribution in [3.05, 3.63) is 58.9 Å². The highest BCUT2D eigenvalue weighted by atomic mass is 32.1. The molecule has 234 valence electrons. The van der Waals surface area contributed by atoms with E-state index in [0.29, 0.717) is 0 Å². The molecule has 43 heavy (non-hydrogen) atoms. The molecule has 1 fully saturated rings. The fourth-order valence-electron chi connectivity index (χ4n) is 5.28. The first-order chi connectivity index (χ1) is 20.2. The Morgan fingerprint density at radius 1 is 1.09 bits per heavy atom. The number of carboxylic acid groups (broad SMARTS) is 3. The summed E-state index contributed by atoms with van der Waals surface area (Å²) in [5, 5.41) is 33.8. The van der Waals surface area contributed by atoms with Gasteiger partial charge in [-0.25, -0.2) is 4.79 Å². The van der Waals surface area contributed by atoms with Gasteiger partial charge in [-0.15, -0.1) is 11.3 Å². The largest absolute Gasteiger partial charge is 0.481 e. The van der Waals surface area contributed by atoms with Gasteiger partial charge >= 0.3 is 17.9 Å². The smallest absolute Gasteiger partial charge is 0.336 e. The van der Waals surface area contributed by atoms with Crippen LogP contribution >= 0.6 is 11.3 Å². The number of thiophene rings is 1. The zero-order chi connectivity index (χ0) is 31.8. The lowest BCUT2D eigenvalue weighted by atomic mass is 9.82. The summed E-state index contributed by atoms with van der Waals surface area (Å²) >= 11 is 1.88. The average molecular weight is 616 g/mol. The molecule has 0 saturated carbocycles. The van der Waals surface area contributed by atoms with Crippen molar-refractivity contribution >= 4 is 39.5 Å². The third-order valence-corrected chi connectivity index (χ3v) is 9.13. The van der Waals surface area contributed by atoms with Gasteiger partial charge in [0.15, 0.2) is 5.60 Å². The molecule has 3 aromatic heterocycles. The van der Waals surface area contributed by atoms with Gasteiger partial charge in [-0.05, 0) is 83.3 Å². The number of aromatic nitrogens is 2. The van der Waals surface area contributed by atoms with E-state index in [1.165, 1.54) is 21.6 Å². The van der Waals surface area contributed by atoms with E-state index in [2.05, 4.69) is 59.9 Å². The highest BCUT2D eigenvalue weighted by molar-refractivity contribution is 7.19. The van der Waals surface area contributed by atoms with Crippen molar-refractivity contribution in [3.8, 4) is 0 Å². The summed E-state index contributed by atoms with van der Waals surface area (Å²) < 4.78 is 7.29. The number of aliphatic carboxylic acids is 3. The van der Waals surface area contributed by atoms with E-state index < -0.39 is 36.4 Å². The topological polar surface area (TPSA) is 170 Å². The Hall–Kier alpha value is -3.45. The molecule has 12 heteroatoms. The Morgan fingerprint density at radius 3 is 2.35 bits per heavy atom. The average Bonchev–Trinajstić information content (AvgIpc) is 3.56. The number of rotatable bonds is 13. The number of likely N-dealkylation sites (tertiary alicyclic amines) is 1. The molecule has 0 aromatic carbocycles. The maximum atomic E-state index is 10.3. The van der Waals surface area contributed by atoms with Crippen molar-refractivity contribution in [1.29, 1.82) is 0 Å². The molecule has 0 bridgehead atoms. The van der Waals surface area contributed by atoms with Crippen LogP contribution < -0.4 is 0 Å². The fraction of sp³-hybridized carbons (Fsp3) is 0.516. The lowest BCUT2D eigenvalue weighted by molar-refractivity contribution is -0.170.